The first-order chi connectivity index (χ1) is 19.7. The molecule has 4 aromatic carbocycles. The lowest BCUT2D eigenvalue weighted by molar-refractivity contribution is 0.590. The third kappa shape index (κ3) is 20.1. The quantitative estimate of drug-likeness (QED) is 0.211. The summed E-state index contributed by atoms with van der Waals surface area (Å²) in [6, 6.07) is 35.1. The van der Waals surface area contributed by atoms with Gasteiger partial charge in [0.15, 0.2) is 0 Å². The van der Waals surface area contributed by atoms with Crippen LogP contribution in [0.1, 0.15) is 143 Å². The van der Waals surface area contributed by atoms with Gasteiger partial charge in [-0.15, -0.1) is 0 Å². The summed E-state index contributed by atoms with van der Waals surface area (Å²) in [4.78, 5) is 0. The molecule has 0 saturated carbocycles. The van der Waals surface area contributed by atoms with Crippen molar-refractivity contribution in [3.8, 4) is 0 Å². The van der Waals surface area contributed by atoms with Crippen molar-refractivity contribution >= 4 is 0 Å². The SMILES string of the molecule is C.C.C.C.CCc1ccc(C(C)(C)C)cc1.CCc1ccc(C)cc1.CCc1ccc(CC)cc1.Cc1ccc(C(C)(C)C)cc1. The summed E-state index contributed by atoms with van der Waals surface area (Å²) >= 11 is 0. The normalized spacial score (nSPS) is 9.83. The maximum atomic E-state index is 2.24. The van der Waals surface area contributed by atoms with Crippen molar-refractivity contribution in [2.75, 3.05) is 0 Å². The average Bonchev–Trinajstić information content (AvgIpc) is 2.98. The van der Waals surface area contributed by atoms with Crippen LogP contribution >= 0.6 is 0 Å². The van der Waals surface area contributed by atoms with E-state index in [9.17, 15) is 0 Å². The molecule has 0 bridgehead atoms. The summed E-state index contributed by atoms with van der Waals surface area (Å²) in [7, 11) is 0. The van der Waals surface area contributed by atoms with Crippen LogP contribution in [0.3, 0.4) is 0 Å². The predicted molar refractivity (Wildman–Crippen MR) is 217 cm³/mol. The summed E-state index contributed by atoms with van der Waals surface area (Å²) in [5, 5.41) is 0. The molecule has 0 saturated heterocycles. The highest BCUT2D eigenvalue weighted by atomic mass is 14.2. The molecule has 0 spiro atoms. The second-order valence-corrected chi connectivity index (χ2v) is 13.3. The Morgan fingerprint density at radius 1 is 0.326 bits per heavy atom. The van der Waals surface area contributed by atoms with Gasteiger partial charge in [-0.05, 0) is 83.7 Å². The number of aryl methyl sites for hydroxylation is 6. The Labute approximate surface area is 290 Å². The van der Waals surface area contributed by atoms with E-state index in [2.05, 4.69) is 180 Å². The topological polar surface area (TPSA) is 0 Å². The molecule has 0 heteroatoms. The van der Waals surface area contributed by atoms with Gasteiger partial charge >= 0.3 is 0 Å². The maximum Gasteiger partial charge on any atom is -0.0132 e. The van der Waals surface area contributed by atoms with Gasteiger partial charge in [0.1, 0.15) is 0 Å². The third-order valence-electron chi connectivity index (χ3n) is 7.51. The Morgan fingerprint density at radius 2 is 0.500 bits per heavy atom. The van der Waals surface area contributed by atoms with E-state index in [4.69, 9.17) is 0 Å². The van der Waals surface area contributed by atoms with Crippen LogP contribution in [0.4, 0.5) is 0 Å². The Morgan fingerprint density at radius 3 is 0.717 bits per heavy atom. The number of hydrogen-bond donors (Lipinski definition) is 0. The van der Waals surface area contributed by atoms with Crippen molar-refractivity contribution in [3.05, 3.63) is 142 Å². The van der Waals surface area contributed by atoms with E-state index in [-0.39, 0.29) is 40.5 Å². The van der Waals surface area contributed by atoms with Crippen molar-refractivity contribution < 1.29 is 0 Å². The minimum absolute atomic E-state index is 0. The van der Waals surface area contributed by atoms with E-state index in [1.165, 1.54) is 44.5 Å². The second-order valence-electron chi connectivity index (χ2n) is 13.3. The highest BCUT2D eigenvalue weighted by molar-refractivity contribution is 5.28. The monoisotopic (exact) mass is 629 g/mol. The molecule has 0 N–H and O–H groups in total. The van der Waals surface area contributed by atoms with E-state index >= 15 is 0 Å². The Bertz CT molecular complexity index is 1200. The van der Waals surface area contributed by atoms with Crippen molar-refractivity contribution in [1.29, 1.82) is 0 Å². The van der Waals surface area contributed by atoms with Gasteiger partial charge in [0.05, 0.1) is 0 Å². The number of rotatable bonds is 4. The molecule has 0 fully saturated rings. The van der Waals surface area contributed by atoms with Crippen molar-refractivity contribution in [2.45, 2.75) is 149 Å². The summed E-state index contributed by atoms with van der Waals surface area (Å²) in [6.45, 7) is 26.4. The van der Waals surface area contributed by atoms with Gasteiger partial charge in [0.2, 0.25) is 0 Å². The van der Waals surface area contributed by atoms with Crippen LogP contribution in [0, 0.1) is 13.8 Å². The fraction of sp³-hybridized carbons (Fsp3) is 0.478. The van der Waals surface area contributed by atoms with Crippen LogP contribution < -0.4 is 0 Å². The lowest BCUT2D eigenvalue weighted by Crippen LogP contribution is -2.10. The molecule has 4 aromatic rings. The Kier molecular flexibility index (Phi) is 27.1. The van der Waals surface area contributed by atoms with Gasteiger partial charge in [0, 0.05) is 0 Å². The highest BCUT2D eigenvalue weighted by Crippen LogP contribution is 2.22. The van der Waals surface area contributed by atoms with E-state index in [0.717, 1.165) is 25.7 Å². The molecule has 0 unspecified atom stereocenters. The van der Waals surface area contributed by atoms with Crippen LogP contribution in [0.25, 0.3) is 0 Å². The molecule has 0 radical (unpaired) electrons. The zero-order valence-electron chi connectivity index (χ0n) is 29.1. The summed E-state index contributed by atoms with van der Waals surface area (Å²) < 4.78 is 0. The number of hydrogen-bond acceptors (Lipinski definition) is 0. The van der Waals surface area contributed by atoms with Crippen LogP contribution in [0.2, 0.25) is 0 Å². The van der Waals surface area contributed by atoms with Crippen molar-refractivity contribution in [3.63, 3.8) is 0 Å². The van der Waals surface area contributed by atoms with Crippen LogP contribution in [0.15, 0.2) is 97.1 Å². The van der Waals surface area contributed by atoms with Gasteiger partial charge in [-0.1, -0.05) is 207 Å². The predicted octanol–water partition coefficient (Wildman–Crippen LogP) is 14.8. The van der Waals surface area contributed by atoms with Crippen LogP contribution in [-0.2, 0) is 36.5 Å². The van der Waals surface area contributed by atoms with Crippen LogP contribution in [0.5, 0.6) is 0 Å². The molecule has 0 atom stereocenters. The smallest absolute Gasteiger partial charge is 0.0132 e. The van der Waals surface area contributed by atoms with E-state index in [1.54, 1.807) is 0 Å². The summed E-state index contributed by atoms with van der Waals surface area (Å²) in [5.41, 5.74) is 11.8. The first-order valence-electron chi connectivity index (χ1n) is 16.0. The Balaban J connectivity index is -0.000000250. The lowest BCUT2D eigenvalue weighted by atomic mass is 9.86. The minimum Gasteiger partial charge on any atom is -0.0776 e. The summed E-state index contributed by atoms with van der Waals surface area (Å²) in [6.07, 6.45) is 4.55. The van der Waals surface area contributed by atoms with E-state index in [1.807, 2.05) is 0 Å². The minimum atomic E-state index is 0. The molecule has 0 aliphatic carbocycles. The molecule has 4 rings (SSSR count). The molecule has 46 heavy (non-hydrogen) atoms. The van der Waals surface area contributed by atoms with Gasteiger partial charge in [-0.25, -0.2) is 0 Å². The first kappa shape index (κ1) is 49.8. The standard InChI is InChI=1S/C12H18.C11H16.C10H14.C9H12.4CH4/c1-5-10-6-8-11(9-7-10)12(2,3)4;1-9-5-7-10(8-6-9)11(2,3)4;1-3-9-5-7-10(4-2)8-6-9;1-3-9-6-4-8(2)5-7-9;;;;/h6-9H,5H2,1-4H3;5-8H,1-4H3;5-8H,3-4H2,1-2H3;4-7H,3H2,1-2H3;4*1H4. The third-order valence-corrected chi connectivity index (χ3v) is 7.51. The molecule has 0 aromatic heterocycles. The molecule has 0 nitrogen and oxygen atoms in total. The van der Waals surface area contributed by atoms with E-state index in [0.29, 0.717) is 0 Å². The fourth-order valence-corrected chi connectivity index (χ4v) is 4.13. The molecular formula is C46H76. The first-order valence-corrected chi connectivity index (χ1v) is 16.0. The van der Waals surface area contributed by atoms with Gasteiger partial charge < -0.3 is 0 Å². The van der Waals surface area contributed by atoms with E-state index < -0.39 is 0 Å². The largest absolute Gasteiger partial charge is 0.0776 e. The average molecular weight is 629 g/mol. The molecular weight excluding hydrogens is 553 g/mol. The van der Waals surface area contributed by atoms with Gasteiger partial charge in [0.25, 0.3) is 0 Å². The zero-order chi connectivity index (χ0) is 31.8. The fourth-order valence-electron chi connectivity index (χ4n) is 4.13. The van der Waals surface area contributed by atoms with Gasteiger partial charge in [-0.3, -0.25) is 0 Å². The zero-order valence-corrected chi connectivity index (χ0v) is 29.1. The lowest BCUT2D eigenvalue weighted by Gasteiger charge is -2.18. The maximum absolute atomic E-state index is 2.24. The molecule has 0 amide bonds. The molecule has 260 valence electrons. The summed E-state index contributed by atoms with van der Waals surface area (Å²) in [5.74, 6) is 0. The second kappa shape index (κ2) is 25.0. The molecule has 0 heterocycles. The number of benzene rings is 4. The molecule has 0 aliphatic rings. The molecule has 0 aliphatic heterocycles. The van der Waals surface area contributed by atoms with Crippen molar-refractivity contribution in [2.24, 2.45) is 0 Å². The van der Waals surface area contributed by atoms with Crippen molar-refractivity contribution in [1.82, 2.24) is 0 Å². The highest BCUT2D eigenvalue weighted by Gasteiger charge is 2.12. The Hall–Kier alpha value is -3.12. The van der Waals surface area contributed by atoms with Gasteiger partial charge in [-0.2, -0.15) is 0 Å². The van der Waals surface area contributed by atoms with Crippen LogP contribution in [-0.4, -0.2) is 0 Å².